The van der Waals surface area contributed by atoms with Gasteiger partial charge in [-0.2, -0.15) is 0 Å². The van der Waals surface area contributed by atoms with Crippen LogP contribution in [-0.2, 0) is 6.42 Å². The summed E-state index contributed by atoms with van der Waals surface area (Å²) in [7, 11) is 0. The molecule has 0 aliphatic heterocycles. The fourth-order valence-electron chi connectivity index (χ4n) is 2.21. The van der Waals surface area contributed by atoms with E-state index < -0.39 is 23.0 Å². The molecule has 2 aromatic carbocycles. The maximum Gasteiger partial charge on any atom is 0.270 e. The number of hydrogen-bond acceptors (Lipinski definition) is 4. The normalized spacial score (nSPS) is 13.1. The number of aliphatic hydroxyl groups is 1. The van der Waals surface area contributed by atoms with Crippen molar-refractivity contribution in [3.63, 3.8) is 0 Å². The van der Waals surface area contributed by atoms with Gasteiger partial charge in [0, 0.05) is 18.6 Å². The van der Waals surface area contributed by atoms with Crippen molar-refractivity contribution in [2.24, 2.45) is 0 Å². The first-order chi connectivity index (χ1) is 11.4. The summed E-state index contributed by atoms with van der Waals surface area (Å²) in [6, 6.07) is 12.5. The smallest absolute Gasteiger partial charge is 0.270 e. The summed E-state index contributed by atoms with van der Waals surface area (Å²) in [5, 5.41) is 23.8. The van der Waals surface area contributed by atoms with E-state index in [0.29, 0.717) is 6.42 Å². The van der Waals surface area contributed by atoms with Gasteiger partial charge in [-0.1, -0.05) is 41.9 Å². The summed E-state index contributed by atoms with van der Waals surface area (Å²) in [6.45, 7) is 1.66. The maximum atomic E-state index is 12.3. The molecule has 2 rings (SSSR count). The van der Waals surface area contributed by atoms with Gasteiger partial charge in [-0.15, -0.1) is 0 Å². The van der Waals surface area contributed by atoms with E-state index in [1.54, 1.807) is 6.92 Å². The SMILES string of the molecule is CC(NC(=O)c1cc([N+](=O)[O-])ccc1Cl)C(O)Cc1ccccc1. The van der Waals surface area contributed by atoms with E-state index in [-0.39, 0.29) is 16.3 Å². The molecule has 0 aliphatic rings. The number of non-ortho nitro benzene ring substituents is 1. The predicted octanol–water partition coefficient (Wildman–Crippen LogP) is 2.97. The second-order valence-electron chi connectivity index (χ2n) is 5.44. The van der Waals surface area contributed by atoms with Gasteiger partial charge in [-0.25, -0.2) is 0 Å². The zero-order chi connectivity index (χ0) is 17.7. The topological polar surface area (TPSA) is 92.5 Å². The fraction of sp³-hybridized carbons (Fsp3) is 0.235. The number of aliphatic hydroxyl groups excluding tert-OH is 1. The Labute approximate surface area is 144 Å². The molecule has 2 aromatic rings. The van der Waals surface area contributed by atoms with Crippen molar-refractivity contribution in [1.29, 1.82) is 0 Å². The van der Waals surface area contributed by atoms with Gasteiger partial charge < -0.3 is 10.4 Å². The van der Waals surface area contributed by atoms with Gasteiger partial charge in [0.1, 0.15) is 0 Å². The van der Waals surface area contributed by atoms with Crippen LogP contribution >= 0.6 is 11.6 Å². The molecular formula is C17H17ClN2O4. The van der Waals surface area contributed by atoms with Crippen LogP contribution in [0.3, 0.4) is 0 Å². The number of carbonyl (C=O) groups excluding carboxylic acids is 1. The summed E-state index contributed by atoms with van der Waals surface area (Å²) in [5.74, 6) is -0.566. The number of nitrogens with one attached hydrogen (secondary N) is 1. The van der Waals surface area contributed by atoms with E-state index >= 15 is 0 Å². The van der Waals surface area contributed by atoms with Crippen LogP contribution in [0.4, 0.5) is 5.69 Å². The second-order valence-corrected chi connectivity index (χ2v) is 5.85. The lowest BCUT2D eigenvalue weighted by atomic mass is 10.0. The Hall–Kier alpha value is -2.44. The highest BCUT2D eigenvalue weighted by Crippen LogP contribution is 2.22. The number of rotatable bonds is 6. The van der Waals surface area contributed by atoms with Crippen LogP contribution in [0.5, 0.6) is 0 Å². The van der Waals surface area contributed by atoms with Crippen molar-refractivity contribution < 1.29 is 14.8 Å². The summed E-state index contributed by atoms with van der Waals surface area (Å²) in [6.07, 6.45) is -0.417. The quantitative estimate of drug-likeness (QED) is 0.620. The highest BCUT2D eigenvalue weighted by molar-refractivity contribution is 6.33. The third-order valence-electron chi connectivity index (χ3n) is 3.63. The molecule has 2 unspecified atom stereocenters. The van der Waals surface area contributed by atoms with Crippen molar-refractivity contribution in [1.82, 2.24) is 5.32 Å². The number of nitro benzene ring substituents is 1. The number of carbonyl (C=O) groups is 1. The molecule has 24 heavy (non-hydrogen) atoms. The lowest BCUT2D eigenvalue weighted by molar-refractivity contribution is -0.384. The largest absolute Gasteiger partial charge is 0.391 e. The second kappa shape index (κ2) is 7.90. The number of hydrogen-bond donors (Lipinski definition) is 2. The lowest BCUT2D eigenvalue weighted by Gasteiger charge is -2.20. The van der Waals surface area contributed by atoms with E-state index in [9.17, 15) is 20.0 Å². The van der Waals surface area contributed by atoms with E-state index in [1.807, 2.05) is 30.3 Å². The molecule has 126 valence electrons. The molecule has 0 saturated carbocycles. The van der Waals surface area contributed by atoms with Crippen LogP contribution in [0.15, 0.2) is 48.5 Å². The zero-order valence-corrected chi connectivity index (χ0v) is 13.7. The summed E-state index contributed by atoms with van der Waals surface area (Å²) >= 11 is 5.94. The summed E-state index contributed by atoms with van der Waals surface area (Å²) in [4.78, 5) is 22.5. The number of nitrogens with zero attached hydrogens (tertiary/aromatic N) is 1. The molecule has 1 amide bonds. The van der Waals surface area contributed by atoms with Crippen molar-refractivity contribution in [2.45, 2.75) is 25.5 Å². The van der Waals surface area contributed by atoms with Crippen LogP contribution in [-0.4, -0.2) is 28.1 Å². The molecule has 0 saturated heterocycles. The standard InChI is InChI=1S/C17H17ClN2O4/c1-11(16(21)9-12-5-3-2-4-6-12)19-17(22)14-10-13(20(23)24)7-8-15(14)18/h2-8,10-11,16,21H,9H2,1H3,(H,19,22). The molecule has 0 aromatic heterocycles. The molecule has 0 radical (unpaired) electrons. The van der Waals surface area contributed by atoms with Crippen LogP contribution in [0, 0.1) is 10.1 Å². The lowest BCUT2D eigenvalue weighted by Crippen LogP contribution is -2.42. The predicted molar refractivity (Wildman–Crippen MR) is 91.2 cm³/mol. The van der Waals surface area contributed by atoms with Crippen molar-refractivity contribution in [3.8, 4) is 0 Å². The maximum absolute atomic E-state index is 12.3. The summed E-state index contributed by atoms with van der Waals surface area (Å²) in [5.41, 5.74) is 0.728. The number of nitro groups is 1. The third kappa shape index (κ3) is 4.53. The third-order valence-corrected chi connectivity index (χ3v) is 3.96. The number of halogens is 1. The minimum Gasteiger partial charge on any atom is -0.391 e. The average Bonchev–Trinajstić information content (AvgIpc) is 2.55. The van der Waals surface area contributed by atoms with Crippen molar-refractivity contribution in [3.05, 3.63) is 74.8 Å². The molecule has 0 spiro atoms. The Balaban J connectivity index is 2.06. The molecule has 0 fully saturated rings. The number of benzene rings is 2. The fourth-order valence-corrected chi connectivity index (χ4v) is 2.42. The molecule has 7 heteroatoms. The number of amides is 1. The minimum atomic E-state index is -0.797. The van der Waals surface area contributed by atoms with Gasteiger partial charge in [0.2, 0.25) is 0 Å². The monoisotopic (exact) mass is 348 g/mol. The highest BCUT2D eigenvalue weighted by atomic mass is 35.5. The van der Waals surface area contributed by atoms with Crippen molar-refractivity contribution >= 4 is 23.2 Å². The van der Waals surface area contributed by atoms with Crippen LogP contribution < -0.4 is 5.32 Å². The Morgan fingerprint density at radius 3 is 2.58 bits per heavy atom. The van der Waals surface area contributed by atoms with Gasteiger partial charge in [-0.3, -0.25) is 14.9 Å². The average molecular weight is 349 g/mol. The molecule has 2 N–H and O–H groups in total. The van der Waals surface area contributed by atoms with Gasteiger partial charge in [0.25, 0.3) is 11.6 Å². The first-order valence-electron chi connectivity index (χ1n) is 7.35. The Morgan fingerprint density at radius 1 is 1.29 bits per heavy atom. The first kappa shape index (κ1) is 17.9. The molecule has 2 atom stereocenters. The molecule has 0 aliphatic carbocycles. The molecule has 6 nitrogen and oxygen atoms in total. The Bertz CT molecular complexity index is 737. The van der Waals surface area contributed by atoms with Gasteiger partial charge >= 0.3 is 0 Å². The van der Waals surface area contributed by atoms with Gasteiger partial charge in [0.05, 0.1) is 27.7 Å². The van der Waals surface area contributed by atoms with Crippen LogP contribution in [0.1, 0.15) is 22.8 Å². The molecular weight excluding hydrogens is 332 g/mol. The van der Waals surface area contributed by atoms with E-state index in [2.05, 4.69) is 5.32 Å². The van der Waals surface area contributed by atoms with E-state index in [1.165, 1.54) is 12.1 Å². The Morgan fingerprint density at radius 2 is 1.96 bits per heavy atom. The van der Waals surface area contributed by atoms with Crippen molar-refractivity contribution in [2.75, 3.05) is 0 Å². The van der Waals surface area contributed by atoms with E-state index in [4.69, 9.17) is 11.6 Å². The molecule has 0 heterocycles. The minimum absolute atomic E-state index is 0.00428. The van der Waals surface area contributed by atoms with Crippen LogP contribution in [0.25, 0.3) is 0 Å². The first-order valence-corrected chi connectivity index (χ1v) is 7.73. The van der Waals surface area contributed by atoms with Crippen LogP contribution in [0.2, 0.25) is 5.02 Å². The Kier molecular flexibility index (Phi) is 5.89. The van der Waals surface area contributed by atoms with E-state index in [0.717, 1.165) is 11.6 Å². The highest BCUT2D eigenvalue weighted by Gasteiger charge is 2.21. The van der Waals surface area contributed by atoms with Gasteiger partial charge in [-0.05, 0) is 18.6 Å². The zero-order valence-electron chi connectivity index (χ0n) is 13.0. The summed E-state index contributed by atoms with van der Waals surface area (Å²) < 4.78 is 0. The molecule has 0 bridgehead atoms. The van der Waals surface area contributed by atoms with Gasteiger partial charge in [0.15, 0.2) is 0 Å².